The van der Waals surface area contributed by atoms with Gasteiger partial charge in [-0.05, 0) is 58.8 Å². The number of carbonyl (C=O) groups excluding carboxylic acids is 2. The smallest absolute Gasteiger partial charge is 0.416 e. The molecule has 0 unspecified atom stereocenters. The van der Waals surface area contributed by atoms with Crippen LogP contribution in [0, 0.1) is 0 Å². The lowest BCUT2D eigenvalue weighted by atomic mass is 10.0. The highest BCUT2D eigenvalue weighted by Gasteiger charge is 2.30. The minimum absolute atomic E-state index is 0.00474. The lowest BCUT2D eigenvalue weighted by Crippen LogP contribution is -2.43. The number of carbonyl (C=O) groups is 2. The van der Waals surface area contributed by atoms with Crippen LogP contribution < -0.4 is 5.32 Å². The molecule has 3 rings (SSSR count). The van der Waals surface area contributed by atoms with Crippen LogP contribution in [0.4, 0.5) is 13.2 Å². The van der Waals surface area contributed by atoms with Crippen LogP contribution in [0.5, 0.6) is 0 Å². The van der Waals surface area contributed by atoms with Crippen molar-refractivity contribution in [2.24, 2.45) is 0 Å². The molecule has 0 aliphatic heterocycles. The molecular formula is C20H15ClF3NO3S. The molecule has 3 aromatic rings. The first-order chi connectivity index (χ1) is 13.7. The minimum atomic E-state index is -4.50. The number of fused-ring (bicyclic) bond motifs is 1. The number of nitrogens with one attached hydrogen (secondary N) is 1. The normalized spacial score (nSPS) is 12.6. The summed E-state index contributed by atoms with van der Waals surface area (Å²) in [7, 11) is 1.20. The Balaban J connectivity index is 1.81. The first-order valence-electron chi connectivity index (χ1n) is 8.40. The SMILES string of the molecule is COC(=O)[C@@H](Cc1csc2ccc(Cl)cc12)NC(=O)c1ccc(C(F)(F)F)cc1. The molecule has 1 atom stereocenters. The Bertz CT molecular complexity index is 1050. The second-order valence-corrected chi connectivity index (χ2v) is 7.58. The third-order valence-electron chi connectivity index (χ3n) is 4.31. The fourth-order valence-corrected chi connectivity index (χ4v) is 3.95. The number of hydrogen-bond acceptors (Lipinski definition) is 4. The Hall–Kier alpha value is -2.58. The molecule has 1 N–H and O–H groups in total. The van der Waals surface area contributed by atoms with Crippen LogP contribution in [0.3, 0.4) is 0 Å². The summed E-state index contributed by atoms with van der Waals surface area (Å²) in [6, 6.07) is 8.14. The van der Waals surface area contributed by atoms with E-state index in [1.54, 1.807) is 12.1 Å². The van der Waals surface area contributed by atoms with Crippen molar-refractivity contribution < 1.29 is 27.5 Å². The summed E-state index contributed by atoms with van der Waals surface area (Å²) in [5.41, 5.74) is -0.0547. The van der Waals surface area contributed by atoms with Gasteiger partial charge in [-0.2, -0.15) is 13.2 Å². The molecular weight excluding hydrogens is 427 g/mol. The van der Waals surface area contributed by atoms with Crippen molar-refractivity contribution in [3.63, 3.8) is 0 Å². The van der Waals surface area contributed by atoms with Gasteiger partial charge in [0.1, 0.15) is 6.04 Å². The molecule has 2 aromatic carbocycles. The van der Waals surface area contributed by atoms with E-state index in [0.29, 0.717) is 5.02 Å². The average Bonchev–Trinajstić information content (AvgIpc) is 3.08. The van der Waals surface area contributed by atoms with Gasteiger partial charge in [0.2, 0.25) is 0 Å². The number of rotatable bonds is 5. The van der Waals surface area contributed by atoms with E-state index in [1.807, 2.05) is 11.4 Å². The highest BCUT2D eigenvalue weighted by atomic mass is 35.5. The molecule has 1 aromatic heterocycles. The van der Waals surface area contributed by atoms with Crippen LogP contribution in [0.25, 0.3) is 10.1 Å². The third kappa shape index (κ3) is 4.89. The Morgan fingerprint density at radius 1 is 1.17 bits per heavy atom. The Labute approximate surface area is 173 Å². The van der Waals surface area contributed by atoms with Crippen molar-refractivity contribution in [1.29, 1.82) is 0 Å². The molecule has 0 radical (unpaired) electrons. The molecule has 1 amide bonds. The molecule has 0 spiro atoms. The Kier molecular flexibility index (Phi) is 6.14. The second-order valence-electron chi connectivity index (χ2n) is 6.23. The van der Waals surface area contributed by atoms with Gasteiger partial charge in [0.15, 0.2) is 0 Å². The van der Waals surface area contributed by atoms with Gasteiger partial charge in [0.25, 0.3) is 5.91 Å². The molecule has 4 nitrogen and oxygen atoms in total. The summed E-state index contributed by atoms with van der Waals surface area (Å²) in [5, 5.41) is 5.80. The Morgan fingerprint density at radius 3 is 2.48 bits per heavy atom. The maximum absolute atomic E-state index is 12.7. The quantitative estimate of drug-likeness (QED) is 0.561. The fraction of sp³-hybridized carbons (Fsp3) is 0.200. The largest absolute Gasteiger partial charge is 0.467 e. The maximum Gasteiger partial charge on any atom is 0.416 e. The van der Waals surface area contributed by atoms with Crippen molar-refractivity contribution in [3.8, 4) is 0 Å². The number of alkyl halides is 3. The van der Waals surface area contributed by atoms with Crippen molar-refractivity contribution in [1.82, 2.24) is 5.32 Å². The number of methoxy groups -OCH3 is 1. The van der Waals surface area contributed by atoms with E-state index in [4.69, 9.17) is 16.3 Å². The van der Waals surface area contributed by atoms with E-state index < -0.39 is 29.7 Å². The Morgan fingerprint density at radius 2 is 1.86 bits per heavy atom. The summed E-state index contributed by atoms with van der Waals surface area (Å²) in [6.45, 7) is 0. The molecule has 152 valence electrons. The summed E-state index contributed by atoms with van der Waals surface area (Å²) in [4.78, 5) is 24.6. The zero-order valence-corrected chi connectivity index (χ0v) is 16.6. The molecule has 0 bridgehead atoms. The lowest BCUT2D eigenvalue weighted by molar-refractivity contribution is -0.142. The van der Waals surface area contributed by atoms with Crippen LogP contribution in [0.2, 0.25) is 5.02 Å². The van der Waals surface area contributed by atoms with Crippen LogP contribution >= 0.6 is 22.9 Å². The summed E-state index contributed by atoms with van der Waals surface area (Å²) in [5.74, 6) is -1.33. The van der Waals surface area contributed by atoms with E-state index in [9.17, 15) is 22.8 Å². The van der Waals surface area contributed by atoms with Crippen molar-refractivity contribution in [2.45, 2.75) is 18.6 Å². The van der Waals surface area contributed by atoms with E-state index in [1.165, 1.54) is 18.4 Å². The van der Waals surface area contributed by atoms with Gasteiger partial charge in [-0.15, -0.1) is 11.3 Å². The summed E-state index contributed by atoms with van der Waals surface area (Å²) >= 11 is 7.52. The van der Waals surface area contributed by atoms with Crippen LogP contribution in [-0.2, 0) is 22.1 Å². The molecule has 0 aliphatic carbocycles. The van der Waals surface area contributed by atoms with Gasteiger partial charge in [-0.3, -0.25) is 4.79 Å². The molecule has 0 saturated heterocycles. The predicted octanol–water partition coefficient (Wildman–Crippen LogP) is 5.09. The average molecular weight is 442 g/mol. The molecule has 0 aliphatic rings. The number of hydrogen-bond donors (Lipinski definition) is 1. The number of esters is 1. The number of thiophene rings is 1. The molecule has 0 saturated carbocycles. The molecule has 9 heteroatoms. The fourth-order valence-electron chi connectivity index (χ4n) is 2.82. The zero-order valence-electron chi connectivity index (χ0n) is 15.0. The van der Waals surface area contributed by atoms with Gasteiger partial charge in [0.05, 0.1) is 12.7 Å². The number of amides is 1. The van der Waals surface area contributed by atoms with E-state index >= 15 is 0 Å². The first kappa shape index (κ1) is 21.1. The van der Waals surface area contributed by atoms with E-state index in [2.05, 4.69) is 5.32 Å². The van der Waals surface area contributed by atoms with Gasteiger partial charge in [0, 0.05) is 21.7 Å². The first-order valence-corrected chi connectivity index (χ1v) is 9.66. The van der Waals surface area contributed by atoms with Crippen molar-refractivity contribution in [3.05, 3.63) is 69.6 Å². The highest BCUT2D eigenvalue weighted by Crippen LogP contribution is 2.30. The standard InChI is InChI=1S/C20H15ClF3NO3S/c1-28-19(27)16(8-12-10-29-17-7-6-14(21)9-15(12)17)25-18(26)11-2-4-13(5-3-11)20(22,23)24/h2-7,9-10,16H,8H2,1H3,(H,25,26)/t16-/m1/s1. The summed E-state index contributed by atoms with van der Waals surface area (Å²) < 4.78 is 43.8. The van der Waals surface area contributed by atoms with Gasteiger partial charge in [-0.25, -0.2) is 4.79 Å². The second kappa shape index (κ2) is 8.42. The number of benzene rings is 2. The topological polar surface area (TPSA) is 55.4 Å². The van der Waals surface area contributed by atoms with E-state index in [-0.39, 0.29) is 12.0 Å². The minimum Gasteiger partial charge on any atom is -0.467 e. The van der Waals surface area contributed by atoms with Crippen molar-refractivity contribution in [2.75, 3.05) is 7.11 Å². The monoisotopic (exact) mass is 441 g/mol. The third-order valence-corrected chi connectivity index (χ3v) is 5.55. The van der Waals surface area contributed by atoms with Gasteiger partial charge < -0.3 is 10.1 Å². The molecule has 29 heavy (non-hydrogen) atoms. The van der Waals surface area contributed by atoms with E-state index in [0.717, 1.165) is 39.9 Å². The van der Waals surface area contributed by atoms with Crippen LogP contribution in [0.1, 0.15) is 21.5 Å². The highest BCUT2D eigenvalue weighted by molar-refractivity contribution is 7.17. The summed E-state index contributed by atoms with van der Waals surface area (Å²) in [6.07, 6.45) is -4.34. The maximum atomic E-state index is 12.7. The van der Waals surface area contributed by atoms with Crippen LogP contribution in [0.15, 0.2) is 47.8 Å². The number of ether oxygens (including phenoxy) is 1. The zero-order chi connectivity index (χ0) is 21.2. The van der Waals surface area contributed by atoms with Crippen molar-refractivity contribution >= 4 is 44.9 Å². The number of halogens is 4. The molecule has 0 fully saturated rings. The lowest BCUT2D eigenvalue weighted by Gasteiger charge is -2.17. The van der Waals surface area contributed by atoms with Gasteiger partial charge in [-0.1, -0.05) is 11.6 Å². The van der Waals surface area contributed by atoms with Crippen LogP contribution in [-0.4, -0.2) is 25.0 Å². The molecule has 1 heterocycles. The van der Waals surface area contributed by atoms with Gasteiger partial charge >= 0.3 is 12.1 Å². The predicted molar refractivity (Wildman–Crippen MR) is 105 cm³/mol.